The van der Waals surface area contributed by atoms with Gasteiger partial charge in [-0.05, 0) is 56.2 Å². The minimum atomic E-state index is -0.173. The molecule has 1 aromatic rings. The molecule has 0 aliphatic carbocycles. The summed E-state index contributed by atoms with van der Waals surface area (Å²) in [5.74, 6) is 1.46. The molecule has 1 N–H and O–H groups in total. The number of nitrogens with zero attached hydrogens (tertiary/aromatic N) is 1. The number of carbonyl (C=O) groups is 1. The summed E-state index contributed by atoms with van der Waals surface area (Å²) in [5.41, 5.74) is 1.40. The summed E-state index contributed by atoms with van der Waals surface area (Å²) in [6.45, 7) is 6.08. The Labute approximate surface area is 156 Å². The molecule has 26 heavy (non-hydrogen) atoms. The molecule has 5 nitrogen and oxygen atoms in total. The molecule has 3 saturated heterocycles. The monoisotopic (exact) mass is 358 g/mol. The van der Waals surface area contributed by atoms with Gasteiger partial charge in [0, 0.05) is 18.5 Å². The van der Waals surface area contributed by atoms with Crippen molar-refractivity contribution >= 4 is 6.09 Å². The average Bonchev–Trinajstić information content (AvgIpc) is 2.67. The van der Waals surface area contributed by atoms with Gasteiger partial charge in [-0.2, -0.15) is 0 Å². The lowest BCUT2D eigenvalue weighted by atomic mass is 9.60. The second-order valence-electron chi connectivity index (χ2n) is 8.05. The fraction of sp³-hybridized carbons (Fsp3) is 0.667. The van der Waals surface area contributed by atoms with Crippen molar-refractivity contribution in [3.05, 3.63) is 35.9 Å². The number of carbonyl (C=O) groups excluding carboxylic acids is 1. The zero-order valence-corrected chi connectivity index (χ0v) is 15.5. The maximum absolute atomic E-state index is 12.4. The van der Waals surface area contributed by atoms with Gasteiger partial charge in [0.1, 0.15) is 6.61 Å². The van der Waals surface area contributed by atoms with Crippen LogP contribution in [-0.2, 0) is 16.1 Å². The number of ether oxygens (including phenoxy) is 2. The van der Waals surface area contributed by atoms with Crippen molar-refractivity contribution in [3.8, 4) is 0 Å². The molecular weight excluding hydrogens is 328 g/mol. The van der Waals surface area contributed by atoms with Crippen LogP contribution in [0.3, 0.4) is 0 Å². The summed E-state index contributed by atoms with van der Waals surface area (Å²) in [5, 5.41) is 3.48. The van der Waals surface area contributed by atoms with Crippen molar-refractivity contribution in [2.75, 3.05) is 39.4 Å². The van der Waals surface area contributed by atoms with Crippen LogP contribution in [0.2, 0.25) is 0 Å². The van der Waals surface area contributed by atoms with Gasteiger partial charge in [-0.1, -0.05) is 30.3 Å². The molecule has 0 saturated carbocycles. The number of hydrogen-bond acceptors (Lipinski definition) is 4. The lowest BCUT2D eigenvalue weighted by molar-refractivity contribution is -0.190. The predicted molar refractivity (Wildman–Crippen MR) is 99.8 cm³/mol. The molecule has 3 heterocycles. The van der Waals surface area contributed by atoms with E-state index in [1.807, 2.05) is 35.2 Å². The number of amides is 1. The molecule has 0 radical (unpaired) electrons. The minimum absolute atomic E-state index is 0.173. The van der Waals surface area contributed by atoms with E-state index in [9.17, 15) is 4.79 Å². The van der Waals surface area contributed by atoms with E-state index >= 15 is 0 Å². The summed E-state index contributed by atoms with van der Waals surface area (Å²) >= 11 is 0. The molecule has 5 heteroatoms. The van der Waals surface area contributed by atoms with Crippen LogP contribution in [0.5, 0.6) is 0 Å². The topological polar surface area (TPSA) is 50.8 Å². The fourth-order valence-corrected chi connectivity index (χ4v) is 4.99. The molecule has 4 rings (SSSR count). The quantitative estimate of drug-likeness (QED) is 0.899. The molecule has 3 fully saturated rings. The number of likely N-dealkylation sites (tertiary alicyclic amines) is 1. The zero-order valence-electron chi connectivity index (χ0n) is 15.5. The highest BCUT2D eigenvalue weighted by atomic mass is 16.6. The third-order valence-corrected chi connectivity index (χ3v) is 6.67. The molecule has 0 spiro atoms. The zero-order chi connectivity index (χ0) is 17.8. The van der Waals surface area contributed by atoms with E-state index < -0.39 is 0 Å². The van der Waals surface area contributed by atoms with Crippen LogP contribution in [-0.4, -0.2) is 50.4 Å². The van der Waals surface area contributed by atoms with Crippen molar-refractivity contribution in [2.24, 2.45) is 17.3 Å². The summed E-state index contributed by atoms with van der Waals surface area (Å²) in [6.07, 6.45) is 4.51. The Morgan fingerprint density at radius 2 is 1.73 bits per heavy atom. The van der Waals surface area contributed by atoms with Gasteiger partial charge in [-0.3, -0.25) is 0 Å². The fourth-order valence-electron chi connectivity index (χ4n) is 4.99. The summed E-state index contributed by atoms with van der Waals surface area (Å²) in [4.78, 5) is 14.3. The van der Waals surface area contributed by atoms with Crippen molar-refractivity contribution in [1.29, 1.82) is 0 Å². The molecule has 0 aromatic heterocycles. The van der Waals surface area contributed by atoms with Crippen LogP contribution in [0.4, 0.5) is 4.79 Å². The Bertz CT molecular complexity index is 589. The van der Waals surface area contributed by atoms with Crippen molar-refractivity contribution in [2.45, 2.75) is 32.3 Å². The van der Waals surface area contributed by atoms with E-state index in [1.54, 1.807) is 0 Å². The van der Waals surface area contributed by atoms with E-state index in [1.165, 1.54) is 12.8 Å². The number of nitrogens with one attached hydrogen (secondary N) is 1. The first kappa shape index (κ1) is 17.8. The third kappa shape index (κ3) is 3.60. The minimum Gasteiger partial charge on any atom is -0.445 e. The first-order chi connectivity index (χ1) is 12.8. The predicted octanol–water partition coefficient (Wildman–Crippen LogP) is 3.05. The first-order valence-corrected chi connectivity index (χ1v) is 10.0. The lowest BCUT2D eigenvalue weighted by Crippen LogP contribution is -2.58. The van der Waals surface area contributed by atoms with E-state index in [0.717, 1.165) is 63.7 Å². The Morgan fingerprint density at radius 1 is 1.08 bits per heavy atom. The molecule has 142 valence electrons. The molecule has 0 bridgehead atoms. The van der Waals surface area contributed by atoms with Gasteiger partial charge in [-0.15, -0.1) is 0 Å². The summed E-state index contributed by atoms with van der Waals surface area (Å²) < 4.78 is 11.2. The van der Waals surface area contributed by atoms with Crippen LogP contribution in [0, 0.1) is 17.3 Å². The van der Waals surface area contributed by atoms with Crippen LogP contribution in [0.1, 0.15) is 31.2 Å². The van der Waals surface area contributed by atoms with E-state index in [2.05, 4.69) is 5.32 Å². The average molecular weight is 358 g/mol. The van der Waals surface area contributed by atoms with Gasteiger partial charge >= 0.3 is 6.09 Å². The van der Waals surface area contributed by atoms with E-state index in [-0.39, 0.29) is 6.09 Å². The maximum Gasteiger partial charge on any atom is 0.410 e. The second kappa shape index (κ2) is 7.97. The van der Waals surface area contributed by atoms with Gasteiger partial charge in [0.25, 0.3) is 0 Å². The maximum atomic E-state index is 12.4. The Hall–Kier alpha value is -1.59. The highest BCUT2D eigenvalue weighted by molar-refractivity contribution is 5.67. The number of rotatable bonds is 4. The molecule has 3 aliphatic rings. The normalized spacial score (nSPS) is 24.1. The molecule has 0 unspecified atom stereocenters. The van der Waals surface area contributed by atoms with Gasteiger partial charge in [0.05, 0.1) is 13.2 Å². The number of benzene rings is 1. The Balaban J connectivity index is 1.28. The number of hydrogen-bond donors (Lipinski definition) is 1. The van der Waals surface area contributed by atoms with Crippen LogP contribution in [0.15, 0.2) is 30.3 Å². The highest BCUT2D eigenvalue weighted by Crippen LogP contribution is 2.50. The third-order valence-electron chi connectivity index (χ3n) is 6.67. The van der Waals surface area contributed by atoms with Crippen molar-refractivity contribution in [3.63, 3.8) is 0 Å². The SMILES string of the molecule is O=C(OCc1ccccc1)N1CCC(C2(C3CCNCC3)COC2)CC1. The van der Waals surface area contributed by atoms with Crippen LogP contribution >= 0.6 is 0 Å². The van der Waals surface area contributed by atoms with Crippen molar-refractivity contribution in [1.82, 2.24) is 10.2 Å². The summed E-state index contributed by atoms with van der Waals surface area (Å²) in [7, 11) is 0. The van der Waals surface area contributed by atoms with Gasteiger partial charge in [0.15, 0.2) is 0 Å². The molecule has 1 amide bonds. The molecule has 1 aromatic carbocycles. The number of piperidine rings is 2. The lowest BCUT2D eigenvalue weighted by Gasteiger charge is -2.55. The van der Waals surface area contributed by atoms with E-state index in [4.69, 9.17) is 9.47 Å². The van der Waals surface area contributed by atoms with Gasteiger partial charge < -0.3 is 19.7 Å². The van der Waals surface area contributed by atoms with Crippen LogP contribution in [0.25, 0.3) is 0 Å². The molecule has 0 atom stereocenters. The highest BCUT2D eigenvalue weighted by Gasteiger charge is 2.51. The second-order valence-corrected chi connectivity index (χ2v) is 8.05. The summed E-state index contributed by atoms with van der Waals surface area (Å²) in [6, 6.07) is 9.88. The molecular formula is C21H30N2O3. The smallest absolute Gasteiger partial charge is 0.410 e. The van der Waals surface area contributed by atoms with E-state index in [0.29, 0.717) is 17.9 Å². The standard InChI is InChI=1S/C21H30N2O3/c24-20(26-14-17-4-2-1-3-5-17)23-12-8-19(9-13-23)21(15-25-16-21)18-6-10-22-11-7-18/h1-5,18-19,22H,6-16H2. The van der Waals surface area contributed by atoms with Crippen LogP contribution < -0.4 is 5.32 Å². The Kier molecular flexibility index (Phi) is 5.46. The Morgan fingerprint density at radius 3 is 2.35 bits per heavy atom. The first-order valence-electron chi connectivity index (χ1n) is 10.0. The largest absolute Gasteiger partial charge is 0.445 e. The van der Waals surface area contributed by atoms with Gasteiger partial charge in [-0.25, -0.2) is 4.79 Å². The van der Waals surface area contributed by atoms with Gasteiger partial charge in [0.2, 0.25) is 0 Å². The van der Waals surface area contributed by atoms with Crippen molar-refractivity contribution < 1.29 is 14.3 Å². The molecule has 3 aliphatic heterocycles.